The van der Waals surface area contributed by atoms with Crippen molar-refractivity contribution in [2.75, 3.05) is 23.9 Å². The lowest BCUT2D eigenvalue weighted by Crippen LogP contribution is -2.28. The number of hydrogen-bond acceptors (Lipinski definition) is 5. The molecule has 2 amide bonds. The summed E-state index contributed by atoms with van der Waals surface area (Å²) in [6, 6.07) is 6.17. The first-order valence-corrected chi connectivity index (χ1v) is 8.72. The number of aromatic nitrogens is 2. The Labute approximate surface area is 151 Å². The fraction of sp³-hybridized carbons (Fsp3) is 0.368. The summed E-state index contributed by atoms with van der Waals surface area (Å²) in [5.74, 6) is 0.0174. The third-order valence-corrected chi connectivity index (χ3v) is 5.03. The van der Waals surface area contributed by atoms with Crippen LogP contribution in [0.5, 0.6) is 5.75 Å². The Morgan fingerprint density at radius 3 is 3.00 bits per heavy atom. The second-order valence-electron chi connectivity index (χ2n) is 6.64. The highest BCUT2D eigenvalue weighted by atomic mass is 16.5. The van der Waals surface area contributed by atoms with E-state index in [4.69, 9.17) is 4.74 Å². The first-order valence-electron chi connectivity index (χ1n) is 8.72. The van der Waals surface area contributed by atoms with Crippen molar-refractivity contribution in [1.29, 1.82) is 0 Å². The average Bonchev–Trinajstić information content (AvgIpc) is 3.27. The second-order valence-corrected chi connectivity index (χ2v) is 6.64. The van der Waals surface area contributed by atoms with Gasteiger partial charge in [-0.3, -0.25) is 9.59 Å². The van der Waals surface area contributed by atoms with Crippen LogP contribution in [0.4, 0.5) is 11.5 Å². The molecule has 1 aromatic carbocycles. The van der Waals surface area contributed by atoms with Crippen LogP contribution in [0.15, 0.2) is 30.7 Å². The van der Waals surface area contributed by atoms with Crippen molar-refractivity contribution in [2.45, 2.75) is 25.7 Å². The average molecular weight is 352 g/mol. The molecular weight excluding hydrogens is 332 g/mol. The van der Waals surface area contributed by atoms with Gasteiger partial charge < -0.3 is 15.0 Å². The van der Waals surface area contributed by atoms with Crippen molar-refractivity contribution < 1.29 is 14.3 Å². The fourth-order valence-corrected chi connectivity index (χ4v) is 3.64. The molecule has 134 valence electrons. The molecule has 0 spiro atoms. The summed E-state index contributed by atoms with van der Waals surface area (Å²) in [7, 11) is 1.49. The highest BCUT2D eigenvalue weighted by Gasteiger charge is 2.35. The predicted octanol–water partition coefficient (Wildman–Crippen LogP) is 1.97. The smallest absolute Gasteiger partial charge is 0.231 e. The first-order chi connectivity index (χ1) is 12.7. The van der Waals surface area contributed by atoms with Gasteiger partial charge in [-0.1, -0.05) is 6.07 Å². The Kier molecular flexibility index (Phi) is 4.28. The lowest BCUT2D eigenvalue weighted by Gasteiger charge is -2.18. The van der Waals surface area contributed by atoms with Gasteiger partial charge in [0, 0.05) is 18.7 Å². The number of anilines is 2. The van der Waals surface area contributed by atoms with Crippen molar-refractivity contribution in [3.8, 4) is 5.75 Å². The van der Waals surface area contributed by atoms with Crippen LogP contribution < -0.4 is 15.0 Å². The number of carbonyl (C=O) groups is 2. The van der Waals surface area contributed by atoms with Gasteiger partial charge in [0.2, 0.25) is 11.8 Å². The van der Waals surface area contributed by atoms with Gasteiger partial charge in [-0.2, -0.15) is 0 Å². The summed E-state index contributed by atoms with van der Waals surface area (Å²) >= 11 is 0. The summed E-state index contributed by atoms with van der Waals surface area (Å²) in [5, 5.41) is 2.74. The number of nitrogens with one attached hydrogen (secondary N) is 1. The van der Waals surface area contributed by atoms with Crippen LogP contribution in [0.3, 0.4) is 0 Å². The summed E-state index contributed by atoms with van der Waals surface area (Å²) < 4.78 is 5.15. The number of amides is 2. The maximum absolute atomic E-state index is 12.6. The first kappa shape index (κ1) is 16.5. The van der Waals surface area contributed by atoms with Gasteiger partial charge in [-0.25, -0.2) is 9.97 Å². The van der Waals surface area contributed by atoms with Crippen molar-refractivity contribution in [2.24, 2.45) is 5.92 Å². The molecule has 7 nitrogen and oxygen atoms in total. The number of nitrogens with zero attached hydrogens (tertiary/aromatic N) is 3. The van der Waals surface area contributed by atoms with E-state index in [9.17, 15) is 9.59 Å². The number of fused-ring (bicyclic) bond motifs is 1. The molecular formula is C19H20N4O3. The number of benzene rings is 1. The summed E-state index contributed by atoms with van der Waals surface area (Å²) in [6.45, 7) is 0.372. The van der Waals surface area contributed by atoms with E-state index >= 15 is 0 Å². The number of carbonyl (C=O) groups excluding carboxylic acids is 2. The minimum atomic E-state index is -0.421. The normalized spacial score (nSPS) is 18.7. The number of aryl methyl sites for hydroxylation is 2. The van der Waals surface area contributed by atoms with E-state index < -0.39 is 5.92 Å². The lowest BCUT2D eigenvalue weighted by atomic mass is 10.1. The zero-order valence-corrected chi connectivity index (χ0v) is 14.6. The van der Waals surface area contributed by atoms with E-state index in [0.29, 0.717) is 18.1 Å². The maximum atomic E-state index is 12.6. The van der Waals surface area contributed by atoms with Crippen LogP contribution in [0.2, 0.25) is 0 Å². The van der Waals surface area contributed by atoms with Crippen molar-refractivity contribution in [1.82, 2.24) is 9.97 Å². The van der Waals surface area contributed by atoms with Gasteiger partial charge in [0.15, 0.2) is 11.6 Å². The summed E-state index contributed by atoms with van der Waals surface area (Å²) in [5.41, 5.74) is 3.56. The molecule has 1 aliphatic carbocycles. The van der Waals surface area contributed by atoms with Gasteiger partial charge in [-0.15, -0.1) is 0 Å². The van der Waals surface area contributed by atoms with Crippen molar-refractivity contribution >= 4 is 23.3 Å². The SMILES string of the molecule is COc1cncnc1NC(=O)C1CC(=O)N(c2ccc3c(c2)CCC3)C1. The molecule has 0 bridgehead atoms. The van der Waals surface area contributed by atoms with Gasteiger partial charge in [0.25, 0.3) is 0 Å². The highest BCUT2D eigenvalue weighted by Crippen LogP contribution is 2.31. The second kappa shape index (κ2) is 6.74. The number of methoxy groups -OCH3 is 1. The Hall–Kier alpha value is -2.96. The van der Waals surface area contributed by atoms with Gasteiger partial charge in [-0.05, 0) is 42.5 Å². The third-order valence-electron chi connectivity index (χ3n) is 5.03. The highest BCUT2D eigenvalue weighted by molar-refractivity contribution is 6.03. The lowest BCUT2D eigenvalue weighted by molar-refractivity contribution is -0.122. The molecule has 7 heteroatoms. The van der Waals surface area contributed by atoms with E-state index in [0.717, 1.165) is 18.5 Å². The molecule has 2 aromatic rings. The molecule has 0 saturated carbocycles. The van der Waals surface area contributed by atoms with E-state index in [-0.39, 0.29) is 18.2 Å². The number of rotatable bonds is 4. The van der Waals surface area contributed by atoms with E-state index in [1.165, 1.54) is 37.2 Å². The molecule has 2 aliphatic rings. The summed E-state index contributed by atoms with van der Waals surface area (Å²) in [4.78, 5) is 34.6. The minimum Gasteiger partial charge on any atom is -0.491 e. The molecule has 0 radical (unpaired) electrons. The zero-order valence-electron chi connectivity index (χ0n) is 14.6. The van der Waals surface area contributed by atoms with Gasteiger partial charge in [0.1, 0.15) is 6.33 Å². The topological polar surface area (TPSA) is 84.4 Å². The van der Waals surface area contributed by atoms with E-state index in [1.54, 1.807) is 4.90 Å². The molecule has 1 N–H and O–H groups in total. The largest absolute Gasteiger partial charge is 0.491 e. The molecule has 1 aliphatic heterocycles. The molecule has 1 saturated heterocycles. The molecule has 4 rings (SSSR count). The van der Waals surface area contributed by atoms with Crippen LogP contribution in [0.25, 0.3) is 0 Å². The van der Waals surface area contributed by atoms with Crippen LogP contribution in [-0.2, 0) is 22.4 Å². The standard InChI is InChI=1S/C19H20N4O3/c1-26-16-9-20-11-21-18(16)22-19(25)14-8-17(24)23(10-14)15-6-5-12-3-2-4-13(12)7-15/h5-7,9,11,14H,2-4,8,10H2,1H3,(H,20,21,22,25). The molecule has 2 heterocycles. The van der Waals surface area contributed by atoms with Crippen LogP contribution >= 0.6 is 0 Å². The predicted molar refractivity (Wildman–Crippen MR) is 96.1 cm³/mol. The third kappa shape index (κ3) is 3.00. The summed E-state index contributed by atoms with van der Waals surface area (Å²) in [6.07, 6.45) is 6.35. The Balaban J connectivity index is 1.48. The maximum Gasteiger partial charge on any atom is 0.231 e. The monoisotopic (exact) mass is 352 g/mol. The van der Waals surface area contributed by atoms with E-state index in [1.807, 2.05) is 6.07 Å². The molecule has 1 aromatic heterocycles. The molecule has 1 unspecified atom stereocenters. The van der Waals surface area contributed by atoms with Crippen molar-refractivity contribution in [3.05, 3.63) is 41.9 Å². The molecule has 26 heavy (non-hydrogen) atoms. The minimum absolute atomic E-state index is 0.0299. The molecule has 1 fully saturated rings. The zero-order chi connectivity index (χ0) is 18.1. The quantitative estimate of drug-likeness (QED) is 0.909. The number of ether oxygens (including phenoxy) is 1. The van der Waals surface area contributed by atoms with Gasteiger partial charge in [0.05, 0.1) is 19.2 Å². The fourth-order valence-electron chi connectivity index (χ4n) is 3.64. The van der Waals surface area contributed by atoms with Crippen molar-refractivity contribution in [3.63, 3.8) is 0 Å². The number of hydrogen-bond donors (Lipinski definition) is 1. The van der Waals surface area contributed by atoms with Gasteiger partial charge >= 0.3 is 0 Å². The Bertz CT molecular complexity index is 868. The van der Waals surface area contributed by atoms with Crippen LogP contribution in [0.1, 0.15) is 24.0 Å². The molecule has 1 atom stereocenters. The Morgan fingerprint density at radius 2 is 2.15 bits per heavy atom. The van der Waals surface area contributed by atoms with Crippen LogP contribution in [-0.4, -0.2) is 35.4 Å². The van der Waals surface area contributed by atoms with Crippen LogP contribution in [0, 0.1) is 5.92 Å². The van der Waals surface area contributed by atoms with E-state index in [2.05, 4.69) is 27.4 Å². The Morgan fingerprint density at radius 1 is 1.31 bits per heavy atom.